The summed E-state index contributed by atoms with van der Waals surface area (Å²) in [4.78, 5) is 16.7. The molecule has 0 saturated carbocycles. The van der Waals surface area contributed by atoms with Gasteiger partial charge in [0.15, 0.2) is 5.76 Å². The number of rotatable bonds is 5. The van der Waals surface area contributed by atoms with Crippen LogP contribution in [-0.2, 0) is 12.8 Å². The van der Waals surface area contributed by atoms with E-state index in [1.807, 2.05) is 6.07 Å². The normalized spacial score (nSPS) is 17.8. The molecule has 2 aliphatic rings. The molecule has 0 radical (unpaired) electrons. The Kier molecular flexibility index (Phi) is 5.92. The predicted molar refractivity (Wildman–Crippen MR) is 121 cm³/mol. The number of benzene rings is 1. The molecule has 1 unspecified atom stereocenters. The highest BCUT2D eigenvalue weighted by Crippen LogP contribution is 2.46. The van der Waals surface area contributed by atoms with Gasteiger partial charge in [0.25, 0.3) is 5.91 Å². The van der Waals surface area contributed by atoms with Crippen molar-refractivity contribution < 1.29 is 13.6 Å². The molecule has 1 atom stereocenters. The SMILES string of the molecule is O=C(Nc1sc2c(c1C(c1cccc(F)c1)N1CCCCC1)CCCC2)c1ccco1. The first-order valence-electron chi connectivity index (χ1n) is 11.2. The summed E-state index contributed by atoms with van der Waals surface area (Å²) in [6, 6.07) is 10.3. The number of carbonyl (C=O) groups is 1. The number of hydrogen-bond donors (Lipinski definition) is 1. The second-order valence-corrected chi connectivity index (χ2v) is 9.54. The number of fused-ring (bicyclic) bond motifs is 1. The molecule has 31 heavy (non-hydrogen) atoms. The summed E-state index contributed by atoms with van der Waals surface area (Å²) >= 11 is 1.68. The van der Waals surface area contributed by atoms with Crippen LogP contribution in [0, 0.1) is 5.82 Å². The number of anilines is 1. The van der Waals surface area contributed by atoms with Gasteiger partial charge < -0.3 is 9.73 Å². The average Bonchev–Trinajstić information content (AvgIpc) is 3.44. The zero-order chi connectivity index (χ0) is 21.2. The summed E-state index contributed by atoms with van der Waals surface area (Å²) in [5.74, 6) is -0.149. The van der Waals surface area contributed by atoms with Crippen molar-refractivity contribution in [3.8, 4) is 0 Å². The van der Waals surface area contributed by atoms with Gasteiger partial charge in [0.2, 0.25) is 0 Å². The minimum absolute atomic E-state index is 0.0546. The van der Waals surface area contributed by atoms with Crippen molar-refractivity contribution in [3.63, 3.8) is 0 Å². The molecule has 1 aromatic carbocycles. The molecular weight excluding hydrogens is 411 g/mol. The maximum atomic E-state index is 14.3. The first-order valence-corrected chi connectivity index (χ1v) is 12.0. The molecule has 1 fully saturated rings. The van der Waals surface area contributed by atoms with Crippen LogP contribution >= 0.6 is 11.3 Å². The number of carbonyl (C=O) groups excluding carboxylic acids is 1. The molecular formula is C25H27FN2O2S. The Morgan fingerprint density at radius 1 is 1.06 bits per heavy atom. The molecule has 1 aliphatic carbocycles. The number of piperidine rings is 1. The van der Waals surface area contributed by atoms with Crippen LogP contribution < -0.4 is 5.32 Å². The summed E-state index contributed by atoms with van der Waals surface area (Å²) < 4.78 is 19.6. The highest BCUT2D eigenvalue weighted by atomic mass is 32.1. The number of furan rings is 1. The van der Waals surface area contributed by atoms with Crippen LogP contribution in [0.2, 0.25) is 0 Å². The minimum Gasteiger partial charge on any atom is -0.459 e. The molecule has 162 valence electrons. The van der Waals surface area contributed by atoms with E-state index in [0.717, 1.165) is 61.3 Å². The summed E-state index contributed by atoms with van der Waals surface area (Å²) in [6.07, 6.45) is 9.41. The lowest BCUT2D eigenvalue weighted by atomic mass is 9.88. The molecule has 1 saturated heterocycles. The Morgan fingerprint density at radius 3 is 2.68 bits per heavy atom. The Balaban J connectivity index is 1.62. The molecule has 2 aromatic heterocycles. The monoisotopic (exact) mass is 438 g/mol. The first-order chi connectivity index (χ1) is 15.2. The van der Waals surface area contributed by atoms with Gasteiger partial charge in [-0.05, 0) is 87.0 Å². The second kappa shape index (κ2) is 8.97. The zero-order valence-electron chi connectivity index (χ0n) is 17.5. The quantitative estimate of drug-likeness (QED) is 0.517. The van der Waals surface area contributed by atoms with Crippen LogP contribution in [-0.4, -0.2) is 23.9 Å². The van der Waals surface area contributed by atoms with Gasteiger partial charge in [0.1, 0.15) is 10.8 Å². The van der Waals surface area contributed by atoms with Crippen LogP contribution in [0.3, 0.4) is 0 Å². The average molecular weight is 439 g/mol. The lowest BCUT2D eigenvalue weighted by Gasteiger charge is -2.36. The smallest absolute Gasteiger partial charge is 0.291 e. The Labute approximate surface area is 186 Å². The standard InChI is InChI=1S/C25H27FN2O2S/c26-18-9-6-8-17(16-18)23(28-13-4-1-5-14-28)22-19-10-2-3-12-21(19)31-25(22)27-24(29)20-11-7-15-30-20/h6-9,11,15-16,23H,1-5,10,12-14H2,(H,27,29). The van der Waals surface area contributed by atoms with E-state index in [-0.39, 0.29) is 17.8 Å². The molecule has 1 amide bonds. The first kappa shape index (κ1) is 20.5. The van der Waals surface area contributed by atoms with Gasteiger partial charge in [-0.25, -0.2) is 4.39 Å². The number of amides is 1. The van der Waals surface area contributed by atoms with Crippen LogP contribution in [0.4, 0.5) is 9.39 Å². The fourth-order valence-electron chi connectivity index (χ4n) is 4.96. The van der Waals surface area contributed by atoms with Crippen molar-refractivity contribution in [2.24, 2.45) is 0 Å². The third-order valence-electron chi connectivity index (χ3n) is 6.38. The number of nitrogens with one attached hydrogen (secondary N) is 1. The van der Waals surface area contributed by atoms with E-state index >= 15 is 0 Å². The molecule has 6 heteroatoms. The number of thiophene rings is 1. The zero-order valence-corrected chi connectivity index (χ0v) is 18.3. The highest BCUT2D eigenvalue weighted by molar-refractivity contribution is 7.16. The maximum Gasteiger partial charge on any atom is 0.291 e. The number of hydrogen-bond acceptors (Lipinski definition) is 4. The Morgan fingerprint density at radius 2 is 1.90 bits per heavy atom. The molecule has 0 bridgehead atoms. The van der Waals surface area contributed by atoms with Crippen LogP contribution in [0.5, 0.6) is 0 Å². The fourth-order valence-corrected chi connectivity index (χ4v) is 6.27. The van der Waals surface area contributed by atoms with E-state index in [9.17, 15) is 9.18 Å². The van der Waals surface area contributed by atoms with E-state index in [1.54, 1.807) is 35.6 Å². The Bertz CT molecular complexity index is 1050. The largest absolute Gasteiger partial charge is 0.459 e. The van der Waals surface area contributed by atoms with Gasteiger partial charge in [-0.15, -0.1) is 11.3 Å². The van der Waals surface area contributed by atoms with Gasteiger partial charge in [-0.2, -0.15) is 0 Å². The number of aryl methyl sites for hydroxylation is 1. The van der Waals surface area contributed by atoms with Crippen molar-refractivity contribution in [1.29, 1.82) is 0 Å². The van der Waals surface area contributed by atoms with Crippen molar-refractivity contribution in [2.75, 3.05) is 18.4 Å². The Hall–Kier alpha value is -2.44. The van der Waals surface area contributed by atoms with Gasteiger partial charge in [0, 0.05) is 10.4 Å². The lowest BCUT2D eigenvalue weighted by molar-refractivity contribution is 0.0996. The van der Waals surface area contributed by atoms with Gasteiger partial charge >= 0.3 is 0 Å². The number of nitrogens with zero attached hydrogens (tertiary/aromatic N) is 1. The van der Waals surface area contributed by atoms with Crippen LogP contribution in [0.1, 0.15) is 70.3 Å². The summed E-state index contributed by atoms with van der Waals surface area (Å²) in [5, 5.41) is 4.02. The van der Waals surface area contributed by atoms with Crippen molar-refractivity contribution in [2.45, 2.75) is 51.0 Å². The van der Waals surface area contributed by atoms with E-state index in [4.69, 9.17) is 4.42 Å². The van der Waals surface area contributed by atoms with E-state index in [2.05, 4.69) is 10.2 Å². The summed E-state index contributed by atoms with van der Waals surface area (Å²) in [6.45, 7) is 1.97. The van der Waals surface area contributed by atoms with E-state index < -0.39 is 0 Å². The topological polar surface area (TPSA) is 45.5 Å². The third kappa shape index (κ3) is 4.19. The van der Waals surface area contributed by atoms with Gasteiger partial charge in [-0.3, -0.25) is 9.69 Å². The van der Waals surface area contributed by atoms with E-state index in [0.29, 0.717) is 5.76 Å². The highest BCUT2D eigenvalue weighted by Gasteiger charge is 2.33. The van der Waals surface area contributed by atoms with Crippen LogP contribution in [0.25, 0.3) is 0 Å². The van der Waals surface area contributed by atoms with Crippen LogP contribution in [0.15, 0.2) is 47.1 Å². The molecule has 3 aromatic rings. The van der Waals surface area contributed by atoms with Crippen molar-refractivity contribution >= 4 is 22.2 Å². The number of halogens is 1. The van der Waals surface area contributed by atoms with E-state index in [1.165, 1.54) is 35.6 Å². The summed E-state index contributed by atoms with van der Waals surface area (Å²) in [7, 11) is 0. The molecule has 3 heterocycles. The maximum absolute atomic E-state index is 14.3. The number of likely N-dealkylation sites (tertiary alicyclic amines) is 1. The van der Waals surface area contributed by atoms with Crippen molar-refractivity contribution in [1.82, 2.24) is 4.90 Å². The fraction of sp³-hybridized carbons (Fsp3) is 0.400. The molecule has 1 aliphatic heterocycles. The minimum atomic E-state index is -0.235. The third-order valence-corrected chi connectivity index (χ3v) is 7.60. The molecule has 4 nitrogen and oxygen atoms in total. The second-order valence-electron chi connectivity index (χ2n) is 8.44. The van der Waals surface area contributed by atoms with Gasteiger partial charge in [0.05, 0.1) is 12.3 Å². The summed E-state index contributed by atoms with van der Waals surface area (Å²) in [5.41, 5.74) is 3.47. The van der Waals surface area contributed by atoms with Crippen molar-refractivity contribution in [3.05, 3.63) is 75.8 Å². The predicted octanol–water partition coefficient (Wildman–Crippen LogP) is 6.19. The molecule has 0 spiro atoms. The molecule has 1 N–H and O–H groups in total. The van der Waals surface area contributed by atoms with Gasteiger partial charge in [-0.1, -0.05) is 18.6 Å². The lowest BCUT2D eigenvalue weighted by Crippen LogP contribution is -2.35. The molecule has 5 rings (SSSR count).